The molecule has 2 aromatic rings. The van der Waals surface area contributed by atoms with Crippen LogP contribution in [0.2, 0.25) is 0 Å². The molecular formula is C17H21NO2. The normalized spacial score (nSPS) is 14.4. The molecule has 0 aromatic heterocycles. The molecule has 0 saturated heterocycles. The maximum atomic E-state index is 5.94. The molecule has 0 unspecified atom stereocenters. The molecule has 0 aliphatic heterocycles. The molecule has 106 valence electrons. The summed E-state index contributed by atoms with van der Waals surface area (Å²) in [7, 11) is 0. The third-order valence-electron chi connectivity index (χ3n) is 3.59. The predicted molar refractivity (Wildman–Crippen MR) is 82.3 cm³/mol. The van der Waals surface area contributed by atoms with Gasteiger partial charge in [0.25, 0.3) is 0 Å². The highest BCUT2D eigenvalue weighted by molar-refractivity contribution is 5.90. The first-order chi connectivity index (χ1) is 9.86. The first-order valence-electron chi connectivity index (χ1n) is 7.34. The van der Waals surface area contributed by atoms with E-state index >= 15 is 0 Å². The molecule has 0 bridgehead atoms. The van der Waals surface area contributed by atoms with Gasteiger partial charge in [-0.2, -0.15) is 0 Å². The van der Waals surface area contributed by atoms with Crippen molar-refractivity contribution in [2.75, 3.05) is 25.3 Å². The van der Waals surface area contributed by atoms with Crippen molar-refractivity contribution in [3.63, 3.8) is 0 Å². The Bertz CT molecular complexity index is 578. The molecule has 3 nitrogen and oxygen atoms in total. The van der Waals surface area contributed by atoms with Crippen molar-refractivity contribution in [2.24, 2.45) is 5.92 Å². The Balaban J connectivity index is 1.75. The van der Waals surface area contributed by atoms with Crippen LogP contribution in [0.15, 0.2) is 36.4 Å². The van der Waals surface area contributed by atoms with Crippen LogP contribution in [-0.4, -0.2) is 19.9 Å². The van der Waals surface area contributed by atoms with Crippen LogP contribution in [0.4, 0.5) is 5.69 Å². The van der Waals surface area contributed by atoms with Crippen LogP contribution < -0.4 is 10.1 Å². The Labute approximate surface area is 119 Å². The topological polar surface area (TPSA) is 30.5 Å². The van der Waals surface area contributed by atoms with Gasteiger partial charge >= 0.3 is 0 Å². The minimum Gasteiger partial charge on any atom is -0.493 e. The summed E-state index contributed by atoms with van der Waals surface area (Å²) in [4.78, 5) is 0. The number of fused-ring (bicyclic) bond motifs is 1. The quantitative estimate of drug-likeness (QED) is 0.609. The first kappa shape index (κ1) is 13.3. The van der Waals surface area contributed by atoms with Gasteiger partial charge in [-0.15, -0.1) is 0 Å². The van der Waals surface area contributed by atoms with E-state index in [1.165, 1.54) is 23.6 Å². The Hall–Kier alpha value is -1.74. The maximum absolute atomic E-state index is 5.94. The fraction of sp³-hybridized carbons (Fsp3) is 0.412. The molecule has 0 amide bonds. The highest BCUT2D eigenvalue weighted by Crippen LogP contribution is 2.32. The molecule has 1 N–H and O–H groups in total. The summed E-state index contributed by atoms with van der Waals surface area (Å²) in [6.07, 6.45) is 2.63. The largest absolute Gasteiger partial charge is 0.493 e. The third kappa shape index (κ3) is 3.23. The molecule has 3 rings (SSSR count). The van der Waals surface area contributed by atoms with Gasteiger partial charge in [-0.3, -0.25) is 0 Å². The molecule has 0 heterocycles. The molecule has 1 aliphatic rings. The standard InChI is InChI=1S/C17H21NO2/c1-2-19-12-18-15-8-9-16-14(10-15)4-3-5-17(16)20-11-13-6-7-13/h3-5,8-10,13,18H,2,6-7,11-12H2,1H3. The van der Waals surface area contributed by atoms with Crippen LogP contribution in [0.3, 0.4) is 0 Å². The van der Waals surface area contributed by atoms with E-state index in [1.54, 1.807) is 0 Å². The highest BCUT2D eigenvalue weighted by atomic mass is 16.5. The van der Waals surface area contributed by atoms with Crippen LogP contribution in [-0.2, 0) is 4.74 Å². The van der Waals surface area contributed by atoms with Crippen LogP contribution in [0.25, 0.3) is 10.8 Å². The summed E-state index contributed by atoms with van der Waals surface area (Å²) in [6, 6.07) is 12.6. The second-order valence-corrected chi connectivity index (χ2v) is 5.26. The zero-order valence-electron chi connectivity index (χ0n) is 11.9. The van der Waals surface area contributed by atoms with Gasteiger partial charge in [0.05, 0.1) is 6.61 Å². The zero-order valence-corrected chi connectivity index (χ0v) is 11.9. The fourth-order valence-corrected chi connectivity index (χ4v) is 2.22. The van der Waals surface area contributed by atoms with Gasteiger partial charge in [-0.25, -0.2) is 0 Å². The molecule has 20 heavy (non-hydrogen) atoms. The minimum atomic E-state index is 0.542. The van der Waals surface area contributed by atoms with Crippen molar-refractivity contribution in [2.45, 2.75) is 19.8 Å². The van der Waals surface area contributed by atoms with Crippen LogP contribution in [0.5, 0.6) is 5.75 Å². The van der Waals surface area contributed by atoms with Gasteiger partial charge in [0, 0.05) is 17.7 Å². The van der Waals surface area contributed by atoms with Crippen LogP contribution in [0.1, 0.15) is 19.8 Å². The van der Waals surface area contributed by atoms with E-state index in [9.17, 15) is 0 Å². The molecule has 0 radical (unpaired) electrons. The second-order valence-electron chi connectivity index (χ2n) is 5.26. The molecule has 1 saturated carbocycles. The monoisotopic (exact) mass is 271 g/mol. The van der Waals surface area contributed by atoms with Gasteiger partial charge in [-0.1, -0.05) is 12.1 Å². The van der Waals surface area contributed by atoms with Gasteiger partial charge in [0.2, 0.25) is 0 Å². The smallest absolute Gasteiger partial charge is 0.127 e. The van der Waals surface area contributed by atoms with E-state index < -0.39 is 0 Å². The number of benzene rings is 2. The fourth-order valence-electron chi connectivity index (χ4n) is 2.22. The van der Waals surface area contributed by atoms with E-state index in [-0.39, 0.29) is 0 Å². The van der Waals surface area contributed by atoms with Gasteiger partial charge in [-0.05, 0) is 55.3 Å². The maximum Gasteiger partial charge on any atom is 0.127 e. The third-order valence-corrected chi connectivity index (χ3v) is 3.59. The van der Waals surface area contributed by atoms with Crippen molar-refractivity contribution in [3.8, 4) is 5.75 Å². The Morgan fingerprint density at radius 2 is 2.10 bits per heavy atom. The lowest BCUT2D eigenvalue weighted by molar-refractivity contribution is 0.167. The molecule has 0 atom stereocenters. The predicted octanol–water partition coefficient (Wildman–Crippen LogP) is 4.03. The summed E-state index contributed by atoms with van der Waals surface area (Å²) >= 11 is 0. The van der Waals surface area contributed by atoms with E-state index in [4.69, 9.17) is 9.47 Å². The molecule has 2 aromatic carbocycles. The van der Waals surface area contributed by atoms with Gasteiger partial charge in [0.15, 0.2) is 0 Å². The van der Waals surface area contributed by atoms with Gasteiger partial charge < -0.3 is 14.8 Å². The van der Waals surface area contributed by atoms with Crippen molar-refractivity contribution in [3.05, 3.63) is 36.4 Å². The van der Waals surface area contributed by atoms with E-state index in [2.05, 4.69) is 41.7 Å². The summed E-state index contributed by atoms with van der Waals surface area (Å²) in [5, 5.41) is 5.62. The lowest BCUT2D eigenvalue weighted by atomic mass is 10.1. The van der Waals surface area contributed by atoms with Crippen molar-refractivity contribution >= 4 is 16.5 Å². The van der Waals surface area contributed by atoms with E-state index in [1.807, 2.05) is 6.92 Å². The van der Waals surface area contributed by atoms with E-state index in [0.717, 1.165) is 30.6 Å². The van der Waals surface area contributed by atoms with Crippen LogP contribution >= 0.6 is 0 Å². The number of nitrogens with one attached hydrogen (secondary N) is 1. The Morgan fingerprint density at radius 3 is 2.90 bits per heavy atom. The Kier molecular flexibility index (Phi) is 4.07. The number of hydrogen-bond donors (Lipinski definition) is 1. The molecular weight excluding hydrogens is 250 g/mol. The second kappa shape index (κ2) is 6.14. The molecule has 0 spiro atoms. The van der Waals surface area contributed by atoms with Crippen LogP contribution in [0, 0.1) is 5.92 Å². The summed E-state index contributed by atoms with van der Waals surface area (Å²) in [5.41, 5.74) is 1.07. The minimum absolute atomic E-state index is 0.542. The number of rotatable bonds is 7. The summed E-state index contributed by atoms with van der Waals surface area (Å²) < 4.78 is 11.2. The summed E-state index contributed by atoms with van der Waals surface area (Å²) in [6.45, 7) is 4.11. The van der Waals surface area contributed by atoms with Gasteiger partial charge in [0.1, 0.15) is 12.5 Å². The molecule has 1 aliphatic carbocycles. The number of anilines is 1. The lowest BCUT2D eigenvalue weighted by Crippen LogP contribution is -2.05. The average Bonchev–Trinajstić information content (AvgIpc) is 3.29. The van der Waals surface area contributed by atoms with Crippen molar-refractivity contribution in [1.82, 2.24) is 0 Å². The van der Waals surface area contributed by atoms with Crippen molar-refractivity contribution < 1.29 is 9.47 Å². The zero-order chi connectivity index (χ0) is 13.8. The first-order valence-corrected chi connectivity index (χ1v) is 7.34. The van der Waals surface area contributed by atoms with E-state index in [0.29, 0.717) is 6.73 Å². The molecule has 3 heteroatoms. The molecule has 1 fully saturated rings. The van der Waals surface area contributed by atoms with Crippen molar-refractivity contribution in [1.29, 1.82) is 0 Å². The lowest BCUT2D eigenvalue weighted by Gasteiger charge is -2.11. The highest BCUT2D eigenvalue weighted by Gasteiger charge is 2.22. The number of hydrogen-bond acceptors (Lipinski definition) is 3. The summed E-state index contributed by atoms with van der Waals surface area (Å²) in [5.74, 6) is 1.77. The Morgan fingerprint density at radius 1 is 1.20 bits per heavy atom. The number of ether oxygens (including phenoxy) is 2. The SMILES string of the molecule is CCOCNc1ccc2c(OCC3CC3)cccc2c1. The average molecular weight is 271 g/mol.